The van der Waals surface area contributed by atoms with Crippen LogP contribution in [-0.4, -0.2) is 13.4 Å². The Bertz CT molecular complexity index is 666. The summed E-state index contributed by atoms with van der Waals surface area (Å²) in [6.45, 7) is 3.49. The van der Waals surface area contributed by atoms with E-state index in [4.69, 9.17) is 5.73 Å². The lowest BCUT2D eigenvalue weighted by Gasteiger charge is -2.13. The predicted molar refractivity (Wildman–Crippen MR) is 76.4 cm³/mol. The molecule has 1 aromatic heterocycles. The molecule has 3 N–H and O–H groups in total. The second-order valence-electron chi connectivity index (χ2n) is 4.24. The van der Waals surface area contributed by atoms with Gasteiger partial charge in [-0.25, -0.2) is 18.1 Å². The molecule has 0 bridgehead atoms. The van der Waals surface area contributed by atoms with Gasteiger partial charge >= 0.3 is 0 Å². The third kappa shape index (κ3) is 3.12. The van der Waals surface area contributed by atoms with E-state index in [0.717, 1.165) is 5.01 Å². The predicted octanol–water partition coefficient (Wildman–Crippen LogP) is 2.07. The Kier molecular flexibility index (Phi) is 3.88. The molecule has 0 aliphatic heterocycles. The molecular formula is C12H15N3O2S2. The maximum absolute atomic E-state index is 12.3. The van der Waals surface area contributed by atoms with Crippen LogP contribution in [0.3, 0.4) is 0 Å². The molecule has 2 rings (SSSR count). The van der Waals surface area contributed by atoms with Gasteiger partial charge in [0.05, 0.1) is 10.9 Å². The van der Waals surface area contributed by atoms with Crippen LogP contribution in [0.15, 0.2) is 34.7 Å². The molecule has 1 aromatic carbocycles. The number of aromatic nitrogens is 1. The summed E-state index contributed by atoms with van der Waals surface area (Å²) < 4.78 is 27.2. The summed E-state index contributed by atoms with van der Waals surface area (Å²) >= 11 is 1.42. The van der Waals surface area contributed by atoms with Gasteiger partial charge in [-0.3, -0.25) is 0 Å². The van der Waals surface area contributed by atoms with Gasteiger partial charge in [-0.05, 0) is 37.6 Å². The third-order valence-corrected chi connectivity index (χ3v) is 5.30. The Morgan fingerprint density at radius 1 is 1.42 bits per heavy atom. The molecule has 0 saturated carbocycles. The van der Waals surface area contributed by atoms with Crippen molar-refractivity contribution in [1.82, 2.24) is 9.71 Å². The van der Waals surface area contributed by atoms with Crippen LogP contribution in [0.5, 0.6) is 0 Å². The minimum absolute atomic E-state index is 0.241. The van der Waals surface area contributed by atoms with Crippen LogP contribution in [0, 0.1) is 6.92 Å². The highest BCUT2D eigenvalue weighted by Gasteiger charge is 2.21. The molecule has 0 radical (unpaired) electrons. The number of thiazole rings is 1. The molecule has 0 amide bonds. The van der Waals surface area contributed by atoms with Gasteiger partial charge in [0.15, 0.2) is 0 Å². The van der Waals surface area contributed by atoms with Crippen LogP contribution >= 0.6 is 11.3 Å². The largest absolute Gasteiger partial charge is 0.399 e. The van der Waals surface area contributed by atoms with E-state index >= 15 is 0 Å². The van der Waals surface area contributed by atoms with Crippen molar-refractivity contribution >= 4 is 27.0 Å². The zero-order valence-corrected chi connectivity index (χ0v) is 12.3. The number of nitrogens with zero attached hydrogens (tertiary/aromatic N) is 1. The summed E-state index contributed by atoms with van der Waals surface area (Å²) in [7, 11) is -3.57. The number of anilines is 1. The molecule has 2 aromatic rings. The van der Waals surface area contributed by atoms with Gasteiger partial charge in [-0.2, -0.15) is 0 Å². The van der Waals surface area contributed by atoms with Crippen molar-refractivity contribution in [2.75, 3.05) is 5.73 Å². The van der Waals surface area contributed by atoms with Gasteiger partial charge in [0, 0.05) is 17.3 Å². The molecule has 0 saturated heterocycles. The van der Waals surface area contributed by atoms with E-state index in [1.807, 2.05) is 5.38 Å². The highest BCUT2D eigenvalue weighted by atomic mass is 32.2. The molecular weight excluding hydrogens is 282 g/mol. The lowest BCUT2D eigenvalue weighted by atomic mass is 10.2. The van der Waals surface area contributed by atoms with Crippen molar-refractivity contribution in [3.63, 3.8) is 0 Å². The van der Waals surface area contributed by atoms with E-state index < -0.39 is 10.0 Å². The fourth-order valence-corrected chi connectivity index (χ4v) is 3.92. The molecule has 5 nitrogen and oxygen atoms in total. The van der Waals surface area contributed by atoms with Crippen molar-refractivity contribution in [2.24, 2.45) is 0 Å². The topological polar surface area (TPSA) is 85.1 Å². The highest BCUT2D eigenvalue weighted by molar-refractivity contribution is 7.89. The second-order valence-corrected chi connectivity index (χ2v) is 6.85. The maximum atomic E-state index is 12.3. The first kappa shape index (κ1) is 14.0. The summed E-state index contributed by atoms with van der Waals surface area (Å²) in [5.41, 5.74) is 6.80. The van der Waals surface area contributed by atoms with E-state index in [1.165, 1.54) is 17.4 Å². The van der Waals surface area contributed by atoms with Crippen LogP contribution in [0.4, 0.5) is 5.69 Å². The van der Waals surface area contributed by atoms with Crippen molar-refractivity contribution in [3.05, 3.63) is 40.3 Å². The minimum Gasteiger partial charge on any atom is -0.399 e. The number of hydrogen-bond acceptors (Lipinski definition) is 5. The maximum Gasteiger partial charge on any atom is 0.241 e. The molecule has 102 valence electrons. The van der Waals surface area contributed by atoms with Crippen LogP contribution in [-0.2, 0) is 10.0 Å². The molecule has 7 heteroatoms. The third-order valence-electron chi connectivity index (χ3n) is 2.64. The lowest BCUT2D eigenvalue weighted by molar-refractivity contribution is 0.566. The average molecular weight is 297 g/mol. The SMILES string of the molecule is Cc1cc(N)ccc1S(=O)(=O)NC(C)c1nccs1. The van der Waals surface area contributed by atoms with Crippen molar-refractivity contribution in [1.29, 1.82) is 0 Å². The van der Waals surface area contributed by atoms with E-state index in [1.54, 1.807) is 32.2 Å². The minimum atomic E-state index is -3.57. The van der Waals surface area contributed by atoms with Crippen LogP contribution in [0.1, 0.15) is 23.5 Å². The second kappa shape index (κ2) is 5.28. The number of benzene rings is 1. The normalized spacial score (nSPS) is 13.4. The average Bonchev–Trinajstić information content (AvgIpc) is 2.80. The van der Waals surface area contributed by atoms with Gasteiger partial charge < -0.3 is 5.73 Å². The standard InChI is InChI=1S/C12H15N3O2S2/c1-8-7-10(13)3-4-11(8)19(16,17)15-9(2)12-14-5-6-18-12/h3-7,9,15H,13H2,1-2H3. The van der Waals surface area contributed by atoms with Crippen LogP contribution < -0.4 is 10.5 Å². The fourth-order valence-electron chi connectivity index (χ4n) is 1.77. The highest BCUT2D eigenvalue weighted by Crippen LogP contribution is 2.21. The van der Waals surface area contributed by atoms with Gasteiger partial charge in [-0.15, -0.1) is 11.3 Å². The fraction of sp³-hybridized carbons (Fsp3) is 0.250. The van der Waals surface area contributed by atoms with Crippen LogP contribution in [0.2, 0.25) is 0 Å². The summed E-state index contributed by atoms with van der Waals surface area (Å²) in [5, 5.41) is 2.55. The number of rotatable bonds is 4. The molecule has 1 unspecified atom stereocenters. The quantitative estimate of drug-likeness (QED) is 0.846. The smallest absolute Gasteiger partial charge is 0.241 e. The Morgan fingerprint density at radius 3 is 2.74 bits per heavy atom. The van der Waals surface area contributed by atoms with Crippen molar-refractivity contribution < 1.29 is 8.42 Å². The Balaban J connectivity index is 2.28. The first-order chi connectivity index (χ1) is 8.90. The number of aryl methyl sites for hydroxylation is 1. The molecule has 0 aliphatic carbocycles. The molecule has 1 atom stereocenters. The Morgan fingerprint density at radius 2 is 2.16 bits per heavy atom. The Hall–Kier alpha value is -1.44. The van der Waals surface area contributed by atoms with E-state index in [2.05, 4.69) is 9.71 Å². The molecule has 0 spiro atoms. The van der Waals surface area contributed by atoms with Gasteiger partial charge in [0.2, 0.25) is 10.0 Å². The van der Waals surface area contributed by atoms with Gasteiger partial charge in [-0.1, -0.05) is 0 Å². The molecule has 19 heavy (non-hydrogen) atoms. The van der Waals surface area contributed by atoms with Gasteiger partial charge in [0.25, 0.3) is 0 Å². The monoisotopic (exact) mass is 297 g/mol. The zero-order chi connectivity index (χ0) is 14.0. The number of nitrogen functional groups attached to an aromatic ring is 1. The molecule has 0 aliphatic rings. The van der Waals surface area contributed by atoms with E-state index in [0.29, 0.717) is 11.3 Å². The number of sulfonamides is 1. The molecule has 0 fully saturated rings. The van der Waals surface area contributed by atoms with Crippen molar-refractivity contribution in [3.8, 4) is 0 Å². The summed E-state index contributed by atoms with van der Waals surface area (Å²) in [6.07, 6.45) is 1.65. The van der Waals surface area contributed by atoms with Crippen molar-refractivity contribution in [2.45, 2.75) is 24.8 Å². The van der Waals surface area contributed by atoms with Crippen LogP contribution in [0.25, 0.3) is 0 Å². The number of hydrogen-bond donors (Lipinski definition) is 2. The van der Waals surface area contributed by atoms with E-state index in [9.17, 15) is 8.42 Å². The summed E-state index contributed by atoms with van der Waals surface area (Å²) in [4.78, 5) is 4.34. The number of nitrogens with two attached hydrogens (primary N) is 1. The van der Waals surface area contributed by atoms with E-state index in [-0.39, 0.29) is 10.9 Å². The number of nitrogens with one attached hydrogen (secondary N) is 1. The summed E-state index contributed by atoms with van der Waals surface area (Å²) in [6, 6.07) is 4.38. The molecule has 1 heterocycles. The summed E-state index contributed by atoms with van der Waals surface area (Å²) in [5.74, 6) is 0. The zero-order valence-electron chi connectivity index (χ0n) is 10.6. The lowest BCUT2D eigenvalue weighted by Crippen LogP contribution is -2.27. The van der Waals surface area contributed by atoms with Gasteiger partial charge in [0.1, 0.15) is 5.01 Å². The Labute approximate surface area is 116 Å². The first-order valence-corrected chi connectivity index (χ1v) is 8.04. The first-order valence-electron chi connectivity index (χ1n) is 5.68.